The summed E-state index contributed by atoms with van der Waals surface area (Å²) < 4.78 is 17.1. The predicted octanol–water partition coefficient (Wildman–Crippen LogP) is 5.11. The summed E-state index contributed by atoms with van der Waals surface area (Å²) in [7, 11) is 1.62. The lowest BCUT2D eigenvalue weighted by atomic mass is 9.95. The molecule has 1 heterocycles. The second-order valence-electron chi connectivity index (χ2n) is 7.30. The van der Waals surface area contributed by atoms with E-state index < -0.39 is 5.60 Å². The van der Waals surface area contributed by atoms with Crippen LogP contribution < -0.4 is 9.47 Å². The number of hydrogen-bond acceptors (Lipinski definition) is 4. The lowest BCUT2D eigenvalue weighted by molar-refractivity contribution is -0.148. The van der Waals surface area contributed by atoms with Crippen LogP contribution in [0.25, 0.3) is 6.08 Å². The van der Waals surface area contributed by atoms with E-state index in [-0.39, 0.29) is 12.1 Å². The zero-order chi connectivity index (χ0) is 19.4. The maximum atomic E-state index is 12.1. The first-order valence-corrected chi connectivity index (χ1v) is 8.88. The molecule has 0 aliphatic carbocycles. The van der Waals surface area contributed by atoms with Crippen LogP contribution in [-0.2, 0) is 9.53 Å². The van der Waals surface area contributed by atoms with E-state index in [1.165, 1.54) is 6.08 Å². The Bertz CT molecular complexity index is 873. The molecule has 0 unspecified atom stereocenters. The summed E-state index contributed by atoms with van der Waals surface area (Å²) in [6, 6.07) is 15.6. The van der Waals surface area contributed by atoms with E-state index in [1.807, 2.05) is 75.4 Å². The summed E-state index contributed by atoms with van der Waals surface area (Å²) in [4.78, 5) is 12.1. The Morgan fingerprint density at radius 1 is 1.07 bits per heavy atom. The number of rotatable bonds is 4. The first-order chi connectivity index (χ1) is 12.9. The van der Waals surface area contributed by atoms with Gasteiger partial charge in [0.2, 0.25) is 0 Å². The van der Waals surface area contributed by atoms with Crippen molar-refractivity contribution in [2.24, 2.45) is 0 Å². The third-order valence-electron chi connectivity index (χ3n) is 4.01. The van der Waals surface area contributed by atoms with Gasteiger partial charge in [-0.3, -0.25) is 0 Å². The number of fused-ring (bicyclic) bond motifs is 1. The van der Waals surface area contributed by atoms with E-state index in [1.54, 1.807) is 13.2 Å². The fraction of sp³-hybridized carbons (Fsp3) is 0.261. The summed E-state index contributed by atoms with van der Waals surface area (Å²) in [5, 5.41) is 0. The molecule has 2 aromatic rings. The van der Waals surface area contributed by atoms with Crippen LogP contribution in [0.4, 0.5) is 0 Å². The third kappa shape index (κ3) is 4.59. The molecular weight excluding hydrogens is 340 g/mol. The maximum Gasteiger partial charge on any atom is 0.331 e. The topological polar surface area (TPSA) is 44.8 Å². The molecule has 0 amide bonds. The normalized spacial score (nSPS) is 16.3. The van der Waals surface area contributed by atoms with Gasteiger partial charge in [0.25, 0.3) is 0 Å². The van der Waals surface area contributed by atoms with Gasteiger partial charge in [0.15, 0.2) is 11.5 Å². The van der Waals surface area contributed by atoms with Gasteiger partial charge in [0.05, 0.1) is 7.11 Å². The van der Waals surface area contributed by atoms with Gasteiger partial charge in [0, 0.05) is 11.6 Å². The molecule has 0 radical (unpaired) electrons. The van der Waals surface area contributed by atoms with E-state index in [0.717, 1.165) is 16.7 Å². The lowest BCUT2D eigenvalue weighted by Crippen LogP contribution is -2.22. The van der Waals surface area contributed by atoms with Crippen LogP contribution in [0.2, 0.25) is 0 Å². The number of benzene rings is 2. The molecule has 27 heavy (non-hydrogen) atoms. The van der Waals surface area contributed by atoms with Crippen molar-refractivity contribution in [3.8, 4) is 11.5 Å². The largest absolute Gasteiger partial charge is 0.493 e. The number of hydrogen-bond donors (Lipinski definition) is 0. The second-order valence-corrected chi connectivity index (χ2v) is 7.30. The van der Waals surface area contributed by atoms with Gasteiger partial charge in [0.1, 0.15) is 11.7 Å². The average molecular weight is 364 g/mol. The predicted molar refractivity (Wildman–Crippen MR) is 106 cm³/mol. The van der Waals surface area contributed by atoms with Gasteiger partial charge < -0.3 is 14.2 Å². The Hall–Kier alpha value is -3.01. The van der Waals surface area contributed by atoms with Crippen molar-refractivity contribution in [2.75, 3.05) is 7.11 Å². The zero-order valence-electron chi connectivity index (χ0n) is 16.1. The van der Waals surface area contributed by atoms with Crippen LogP contribution in [0.5, 0.6) is 11.5 Å². The number of methoxy groups -OCH3 is 1. The lowest BCUT2D eigenvalue weighted by Gasteiger charge is -2.27. The van der Waals surface area contributed by atoms with Crippen molar-refractivity contribution in [3.63, 3.8) is 0 Å². The Balaban J connectivity index is 1.98. The van der Waals surface area contributed by atoms with E-state index in [2.05, 4.69) is 0 Å². The van der Waals surface area contributed by atoms with Crippen molar-refractivity contribution in [3.05, 3.63) is 77.4 Å². The van der Waals surface area contributed by atoms with Gasteiger partial charge in [-0.15, -0.1) is 0 Å². The first-order valence-electron chi connectivity index (χ1n) is 8.88. The number of carbonyl (C=O) groups excluding carboxylic acids is 1. The summed E-state index contributed by atoms with van der Waals surface area (Å²) >= 11 is 0. The maximum absolute atomic E-state index is 12.1. The number of ether oxygens (including phenoxy) is 3. The molecule has 1 aliphatic heterocycles. The van der Waals surface area contributed by atoms with Gasteiger partial charge in [-0.25, -0.2) is 4.79 Å². The highest BCUT2D eigenvalue weighted by molar-refractivity contribution is 5.83. The van der Waals surface area contributed by atoms with Crippen LogP contribution in [-0.4, -0.2) is 18.7 Å². The highest BCUT2D eigenvalue weighted by Gasteiger charge is 2.25. The quantitative estimate of drug-likeness (QED) is 0.559. The van der Waals surface area contributed by atoms with E-state index in [4.69, 9.17) is 14.2 Å². The summed E-state index contributed by atoms with van der Waals surface area (Å²) in [6.07, 6.45) is 4.88. The standard InChI is InChI=1S/C23H24O4/c1-23(2,3)27-20(24)14-13-18-15-17-11-8-12-19(25-4)22(17)26-21(18)16-9-6-5-7-10-16/h5-15,21H,1-4H3/b14-13+/t21-/m1/s1. The minimum absolute atomic E-state index is 0.339. The Labute approximate surface area is 160 Å². The van der Waals surface area contributed by atoms with Crippen LogP contribution in [0, 0.1) is 0 Å². The molecule has 3 rings (SSSR count). The number of esters is 1. The van der Waals surface area contributed by atoms with Gasteiger partial charge in [-0.2, -0.15) is 0 Å². The SMILES string of the molecule is COc1cccc2c1O[C@H](c1ccccc1)C(/C=C/C(=O)OC(C)(C)C)=C2. The molecule has 0 fully saturated rings. The average Bonchev–Trinajstić information content (AvgIpc) is 2.64. The molecule has 140 valence electrons. The fourth-order valence-corrected chi connectivity index (χ4v) is 2.90. The van der Waals surface area contributed by atoms with Crippen LogP contribution in [0.1, 0.15) is 38.0 Å². The van der Waals surface area contributed by atoms with Crippen LogP contribution in [0.15, 0.2) is 66.3 Å². The third-order valence-corrected chi connectivity index (χ3v) is 4.01. The smallest absolute Gasteiger partial charge is 0.331 e. The first kappa shape index (κ1) is 18.8. The Morgan fingerprint density at radius 2 is 1.81 bits per heavy atom. The van der Waals surface area contributed by atoms with Crippen molar-refractivity contribution in [1.29, 1.82) is 0 Å². The molecule has 1 aliphatic rings. The zero-order valence-corrected chi connectivity index (χ0v) is 16.1. The molecule has 1 atom stereocenters. The highest BCUT2D eigenvalue weighted by atomic mass is 16.6. The number of para-hydroxylation sites is 1. The van der Waals surface area contributed by atoms with Crippen molar-refractivity contribution < 1.29 is 19.0 Å². The van der Waals surface area contributed by atoms with Gasteiger partial charge in [-0.05, 0) is 50.1 Å². The summed E-state index contributed by atoms with van der Waals surface area (Å²) in [5.41, 5.74) is 2.24. The minimum atomic E-state index is -0.530. The van der Waals surface area contributed by atoms with Crippen molar-refractivity contribution in [1.82, 2.24) is 0 Å². The fourth-order valence-electron chi connectivity index (χ4n) is 2.90. The molecule has 0 N–H and O–H groups in total. The van der Waals surface area contributed by atoms with Gasteiger partial charge >= 0.3 is 5.97 Å². The molecule has 4 nitrogen and oxygen atoms in total. The molecule has 0 saturated heterocycles. The molecule has 0 bridgehead atoms. The van der Waals surface area contributed by atoms with Crippen molar-refractivity contribution in [2.45, 2.75) is 32.5 Å². The molecular formula is C23H24O4. The monoisotopic (exact) mass is 364 g/mol. The molecule has 0 spiro atoms. The molecule has 2 aromatic carbocycles. The Kier molecular flexibility index (Phi) is 5.36. The molecule has 0 saturated carbocycles. The van der Waals surface area contributed by atoms with E-state index in [9.17, 15) is 4.79 Å². The number of carbonyl (C=O) groups is 1. The van der Waals surface area contributed by atoms with Crippen LogP contribution in [0.3, 0.4) is 0 Å². The van der Waals surface area contributed by atoms with Gasteiger partial charge in [-0.1, -0.05) is 42.5 Å². The van der Waals surface area contributed by atoms with Crippen molar-refractivity contribution >= 4 is 12.0 Å². The van der Waals surface area contributed by atoms with E-state index >= 15 is 0 Å². The summed E-state index contributed by atoms with van der Waals surface area (Å²) in [5.74, 6) is 0.995. The minimum Gasteiger partial charge on any atom is -0.493 e. The van der Waals surface area contributed by atoms with E-state index in [0.29, 0.717) is 11.5 Å². The Morgan fingerprint density at radius 3 is 2.48 bits per heavy atom. The highest BCUT2D eigenvalue weighted by Crippen LogP contribution is 2.42. The van der Waals surface area contributed by atoms with Crippen LogP contribution >= 0.6 is 0 Å². The summed E-state index contributed by atoms with van der Waals surface area (Å²) in [6.45, 7) is 5.53. The molecule has 4 heteroatoms. The molecule has 0 aromatic heterocycles. The second kappa shape index (κ2) is 7.70.